The van der Waals surface area contributed by atoms with E-state index in [-0.39, 0.29) is 31.4 Å². The number of unbranched alkanes of at least 4 members (excludes halogenated alkanes) is 3. The van der Waals surface area contributed by atoms with E-state index < -0.39 is 59.3 Å². The zero-order valence-corrected chi connectivity index (χ0v) is 26.4. The number of carbonyl (C=O) groups is 5. The number of nitrogens with one attached hydrogen (secondary N) is 1. The monoisotopic (exact) mass is 637 g/mol. The van der Waals surface area contributed by atoms with Crippen molar-refractivity contribution in [3.63, 3.8) is 0 Å². The molecule has 1 saturated heterocycles. The van der Waals surface area contributed by atoms with Gasteiger partial charge >= 0.3 is 17.9 Å². The summed E-state index contributed by atoms with van der Waals surface area (Å²) < 4.78 is 4.65. The van der Waals surface area contributed by atoms with Crippen molar-refractivity contribution >= 4 is 41.5 Å². The molecular weight excluding hydrogens is 590 g/mol. The van der Waals surface area contributed by atoms with Crippen molar-refractivity contribution in [1.29, 1.82) is 0 Å². The molecule has 2 amide bonds. The van der Waals surface area contributed by atoms with Crippen LogP contribution in [0.3, 0.4) is 0 Å². The van der Waals surface area contributed by atoms with E-state index in [0.29, 0.717) is 6.42 Å². The number of aliphatic hydroxyl groups is 1. The summed E-state index contributed by atoms with van der Waals surface area (Å²) in [6.07, 6.45) is 20.0. The molecule has 1 aliphatic rings. The van der Waals surface area contributed by atoms with Gasteiger partial charge in [0.05, 0.1) is 13.2 Å². The maximum Gasteiger partial charge on any atom is 0.326 e. The molecule has 1 rings (SSSR count). The molecule has 0 bridgehead atoms. The first-order chi connectivity index (χ1) is 21.0. The van der Waals surface area contributed by atoms with Gasteiger partial charge in [-0.1, -0.05) is 68.4 Å². The van der Waals surface area contributed by atoms with Crippen LogP contribution in [-0.4, -0.2) is 92.4 Å². The van der Waals surface area contributed by atoms with E-state index in [0.717, 1.165) is 29.5 Å². The lowest BCUT2D eigenvalue weighted by Crippen LogP contribution is -2.70. The lowest BCUT2D eigenvalue weighted by atomic mass is 10.1. The van der Waals surface area contributed by atoms with Crippen LogP contribution in [0.5, 0.6) is 0 Å². The van der Waals surface area contributed by atoms with Crippen LogP contribution in [0.25, 0.3) is 0 Å². The molecule has 3 unspecified atom stereocenters. The predicted octanol–water partition coefficient (Wildman–Crippen LogP) is 2.92. The number of nitrogens with zero attached hydrogens (tertiary/aromatic N) is 1. The van der Waals surface area contributed by atoms with Crippen LogP contribution in [0.4, 0.5) is 0 Å². The van der Waals surface area contributed by atoms with E-state index in [4.69, 9.17) is 10.8 Å². The Labute approximate surface area is 263 Å². The van der Waals surface area contributed by atoms with Crippen LogP contribution in [0.1, 0.15) is 71.1 Å². The zero-order valence-electron chi connectivity index (χ0n) is 25.6. The third kappa shape index (κ3) is 13.9. The Balaban J connectivity index is 3.09. The standard InChI is InChI=1S/C31H47N3O9S/c1-3-4-5-6-7-8-9-10-11-12-13-14-17-25(24(35)16-15-18-28(39)43-2)44-22-31(32,30(42)33-21-27(37)38)34-23(29(40)41)19-20-26(34)36/h7-8,10-14,17,23-25,35H,3-6,9,15-16,18-22,32H2,1-2H3,(H,33,42)(H,37,38)(H,40,41)/t23?,24-,25?,31?/m0/s1. The number of esters is 1. The topological polar surface area (TPSA) is 197 Å². The summed E-state index contributed by atoms with van der Waals surface area (Å²) in [5, 5.41) is 31.2. The van der Waals surface area contributed by atoms with Gasteiger partial charge in [0, 0.05) is 23.8 Å². The fraction of sp³-hybridized carbons (Fsp3) is 0.581. The van der Waals surface area contributed by atoms with Gasteiger partial charge in [-0.2, -0.15) is 0 Å². The second-order valence-electron chi connectivity index (χ2n) is 10.4. The number of nitrogens with two attached hydrogens (primary N) is 1. The maximum atomic E-state index is 13.2. The summed E-state index contributed by atoms with van der Waals surface area (Å²) in [5.41, 5.74) is 4.24. The van der Waals surface area contributed by atoms with Crippen molar-refractivity contribution in [1.82, 2.24) is 10.2 Å². The van der Waals surface area contributed by atoms with Crippen molar-refractivity contribution in [3.8, 4) is 0 Å². The number of allylic oxidation sites excluding steroid dienone is 7. The molecule has 0 aliphatic carbocycles. The summed E-state index contributed by atoms with van der Waals surface area (Å²) in [7, 11) is 1.27. The molecule has 0 saturated carbocycles. The van der Waals surface area contributed by atoms with Crippen LogP contribution in [0.15, 0.2) is 48.6 Å². The van der Waals surface area contributed by atoms with Gasteiger partial charge in [-0.25, -0.2) is 4.79 Å². The molecule has 4 atom stereocenters. The molecule has 44 heavy (non-hydrogen) atoms. The quantitative estimate of drug-likeness (QED) is 0.0507. The average Bonchev–Trinajstić information content (AvgIpc) is 3.39. The van der Waals surface area contributed by atoms with E-state index in [9.17, 15) is 34.2 Å². The second kappa shape index (κ2) is 21.3. The summed E-state index contributed by atoms with van der Waals surface area (Å²) in [6.45, 7) is 1.39. The van der Waals surface area contributed by atoms with Crippen molar-refractivity contribution in [2.75, 3.05) is 19.4 Å². The Morgan fingerprint density at radius 3 is 2.50 bits per heavy atom. The molecule has 0 aromatic carbocycles. The van der Waals surface area contributed by atoms with Crippen molar-refractivity contribution in [2.24, 2.45) is 5.73 Å². The van der Waals surface area contributed by atoms with Gasteiger partial charge in [0.1, 0.15) is 12.6 Å². The van der Waals surface area contributed by atoms with Gasteiger partial charge in [0.15, 0.2) is 5.66 Å². The Bertz CT molecular complexity index is 1080. The number of carbonyl (C=O) groups excluding carboxylic acids is 3. The van der Waals surface area contributed by atoms with E-state index in [1.54, 1.807) is 18.2 Å². The number of thioether (sulfide) groups is 1. The number of hydrogen-bond donors (Lipinski definition) is 5. The number of carboxylic acids is 2. The number of amides is 2. The van der Waals surface area contributed by atoms with Crippen molar-refractivity contribution in [3.05, 3.63) is 48.6 Å². The highest BCUT2D eigenvalue weighted by Gasteiger charge is 2.51. The van der Waals surface area contributed by atoms with E-state index in [2.05, 4.69) is 29.1 Å². The number of ether oxygens (including phenoxy) is 1. The minimum absolute atomic E-state index is 0.0591. The summed E-state index contributed by atoms with van der Waals surface area (Å²) in [6, 6.07) is -1.37. The molecule has 1 aliphatic heterocycles. The SMILES string of the molecule is CCCCCC=CCC=CC=CC=CC(SCC(N)(C(=O)NCC(=O)O)N1C(=O)CCC1C(=O)O)[C@@H](O)CCCC(=O)OC. The van der Waals surface area contributed by atoms with Crippen molar-refractivity contribution in [2.45, 2.75) is 94.2 Å². The van der Waals surface area contributed by atoms with Crippen LogP contribution < -0.4 is 11.1 Å². The smallest absolute Gasteiger partial charge is 0.326 e. The molecular formula is C31H47N3O9S. The highest BCUT2D eigenvalue weighted by Crippen LogP contribution is 2.31. The van der Waals surface area contributed by atoms with Crippen LogP contribution in [0, 0.1) is 0 Å². The van der Waals surface area contributed by atoms with Gasteiger partial charge in [-0.05, 0) is 38.5 Å². The third-order valence-electron chi connectivity index (χ3n) is 6.89. The van der Waals surface area contributed by atoms with Crippen molar-refractivity contribution < 1.29 is 44.0 Å². The van der Waals surface area contributed by atoms with Gasteiger partial charge < -0.3 is 30.3 Å². The first-order valence-corrected chi connectivity index (χ1v) is 15.9. The van der Waals surface area contributed by atoms with E-state index >= 15 is 0 Å². The van der Waals surface area contributed by atoms with Gasteiger partial charge in [0.25, 0.3) is 5.91 Å². The van der Waals surface area contributed by atoms with Crippen LogP contribution in [0.2, 0.25) is 0 Å². The largest absolute Gasteiger partial charge is 0.480 e. The lowest BCUT2D eigenvalue weighted by Gasteiger charge is -2.39. The number of carboxylic acid groups (broad SMARTS) is 2. The first kappa shape index (κ1) is 38.6. The second-order valence-corrected chi connectivity index (χ2v) is 11.5. The number of likely N-dealkylation sites (tertiary alicyclic amines) is 1. The van der Waals surface area contributed by atoms with Crippen LogP contribution >= 0.6 is 11.8 Å². The number of aliphatic carboxylic acids is 2. The Kier molecular flexibility index (Phi) is 18.7. The zero-order chi connectivity index (χ0) is 33.0. The molecule has 12 nitrogen and oxygen atoms in total. The molecule has 0 aromatic heterocycles. The number of aliphatic hydroxyl groups excluding tert-OH is 1. The number of rotatable bonds is 22. The number of hydrogen-bond acceptors (Lipinski definition) is 9. The fourth-order valence-corrected chi connectivity index (χ4v) is 5.75. The molecule has 0 spiro atoms. The minimum atomic E-state index is -2.21. The highest BCUT2D eigenvalue weighted by atomic mass is 32.2. The maximum absolute atomic E-state index is 13.2. The third-order valence-corrected chi connectivity index (χ3v) is 8.35. The van der Waals surface area contributed by atoms with E-state index in [1.807, 2.05) is 18.2 Å². The summed E-state index contributed by atoms with van der Waals surface area (Å²) in [5.74, 6) is -5.13. The predicted molar refractivity (Wildman–Crippen MR) is 169 cm³/mol. The summed E-state index contributed by atoms with van der Waals surface area (Å²) >= 11 is 1.02. The van der Waals surface area contributed by atoms with E-state index in [1.165, 1.54) is 26.4 Å². The molecule has 0 aromatic rings. The molecule has 13 heteroatoms. The minimum Gasteiger partial charge on any atom is -0.480 e. The van der Waals surface area contributed by atoms with Gasteiger partial charge in [-0.3, -0.25) is 24.9 Å². The Morgan fingerprint density at radius 2 is 1.84 bits per heavy atom. The molecule has 0 radical (unpaired) electrons. The highest BCUT2D eigenvalue weighted by molar-refractivity contribution is 8.00. The first-order valence-electron chi connectivity index (χ1n) is 14.8. The van der Waals surface area contributed by atoms with Crippen LogP contribution in [-0.2, 0) is 28.7 Å². The molecule has 1 fully saturated rings. The normalized spacial score (nSPS) is 18.3. The average molecular weight is 638 g/mol. The lowest BCUT2D eigenvalue weighted by molar-refractivity contribution is -0.155. The molecule has 246 valence electrons. The molecule has 6 N–H and O–H groups in total. The number of methoxy groups -OCH3 is 1. The van der Waals surface area contributed by atoms with Gasteiger partial charge in [-0.15, -0.1) is 11.8 Å². The molecule has 1 heterocycles. The Hall–Kier alpha value is -3.42. The summed E-state index contributed by atoms with van der Waals surface area (Å²) in [4.78, 5) is 61.2. The Morgan fingerprint density at radius 1 is 1.11 bits per heavy atom. The van der Waals surface area contributed by atoms with Gasteiger partial charge in [0.2, 0.25) is 5.91 Å². The fourth-order valence-electron chi connectivity index (χ4n) is 4.48.